The Labute approximate surface area is 113 Å². The van der Waals surface area contributed by atoms with E-state index in [2.05, 4.69) is 65.8 Å². The molecule has 96 valence electrons. The van der Waals surface area contributed by atoms with Crippen LogP contribution in [-0.4, -0.2) is 4.98 Å². The van der Waals surface area contributed by atoms with E-state index in [1.165, 1.54) is 27.6 Å². The van der Waals surface area contributed by atoms with Crippen LogP contribution in [0.5, 0.6) is 0 Å². The predicted molar refractivity (Wildman–Crippen MR) is 80.0 cm³/mol. The molecule has 0 amide bonds. The minimum absolute atomic E-state index is 0.892. The second-order valence-corrected chi connectivity index (χ2v) is 4.99. The van der Waals surface area contributed by atoms with E-state index in [1.807, 2.05) is 6.20 Å². The number of aromatic nitrogens is 1. The number of aryl methyl sites for hydroxylation is 1. The van der Waals surface area contributed by atoms with Crippen molar-refractivity contribution >= 4 is 10.9 Å². The van der Waals surface area contributed by atoms with Gasteiger partial charge in [-0.3, -0.25) is 0 Å². The quantitative estimate of drug-likeness (QED) is 0.725. The second-order valence-electron chi connectivity index (χ2n) is 4.99. The molecule has 0 bridgehead atoms. The van der Waals surface area contributed by atoms with Gasteiger partial charge < -0.3 is 10.3 Å². The first-order valence-electron chi connectivity index (χ1n) is 6.63. The number of aromatic amines is 1. The number of hydrogen-bond acceptors (Lipinski definition) is 1. The summed E-state index contributed by atoms with van der Waals surface area (Å²) in [4.78, 5) is 3.25. The summed E-state index contributed by atoms with van der Waals surface area (Å²) in [6.07, 6.45) is 1.98. The molecule has 2 heteroatoms. The van der Waals surface area contributed by atoms with Gasteiger partial charge >= 0.3 is 0 Å². The van der Waals surface area contributed by atoms with Gasteiger partial charge in [0, 0.05) is 24.8 Å². The highest BCUT2D eigenvalue weighted by Crippen LogP contribution is 2.14. The summed E-state index contributed by atoms with van der Waals surface area (Å²) in [5.41, 5.74) is 5.16. The van der Waals surface area contributed by atoms with Crippen molar-refractivity contribution in [2.75, 3.05) is 0 Å². The fraction of sp³-hybridized carbons (Fsp3) is 0.176. The number of benzene rings is 2. The maximum absolute atomic E-state index is 3.49. The van der Waals surface area contributed by atoms with Gasteiger partial charge in [0.25, 0.3) is 0 Å². The number of fused-ring (bicyclic) bond motifs is 1. The van der Waals surface area contributed by atoms with E-state index in [0.29, 0.717) is 0 Å². The monoisotopic (exact) mass is 250 g/mol. The van der Waals surface area contributed by atoms with Crippen molar-refractivity contribution < 1.29 is 0 Å². The maximum atomic E-state index is 3.49. The van der Waals surface area contributed by atoms with Crippen molar-refractivity contribution in [1.82, 2.24) is 10.3 Å². The van der Waals surface area contributed by atoms with Gasteiger partial charge in [-0.25, -0.2) is 0 Å². The molecule has 1 aromatic heterocycles. The molecule has 0 aliphatic heterocycles. The topological polar surface area (TPSA) is 27.8 Å². The molecule has 0 aliphatic carbocycles. The molecule has 0 saturated heterocycles. The summed E-state index contributed by atoms with van der Waals surface area (Å²) in [5, 5.41) is 4.75. The smallest absolute Gasteiger partial charge is 0.0457 e. The average Bonchev–Trinajstić information content (AvgIpc) is 2.86. The number of hydrogen-bond donors (Lipinski definition) is 2. The van der Waals surface area contributed by atoms with Gasteiger partial charge in [-0.2, -0.15) is 0 Å². The first kappa shape index (κ1) is 12.0. The molecule has 0 aliphatic rings. The van der Waals surface area contributed by atoms with Gasteiger partial charge in [-0.05, 0) is 35.6 Å². The third-order valence-corrected chi connectivity index (χ3v) is 3.36. The molecule has 0 unspecified atom stereocenters. The highest BCUT2D eigenvalue weighted by molar-refractivity contribution is 5.79. The zero-order valence-corrected chi connectivity index (χ0v) is 11.1. The molecule has 1 heterocycles. The predicted octanol–water partition coefficient (Wildman–Crippen LogP) is 3.77. The van der Waals surface area contributed by atoms with Crippen LogP contribution in [0.4, 0.5) is 0 Å². The van der Waals surface area contributed by atoms with E-state index < -0.39 is 0 Å². The third kappa shape index (κ3) is 2.85. The van der Waals surface area contributed by atoms with Crippen LogP contribution in [0.25, 0.3) is 10.9 Å². The molecule has 0 spiro atoms. The largest absolute Gasteiger partial charge is 0.361 e. The standard InChI is InChI=1S/C17H18N2/c1-13-3-2-4-14(9-13)11-18-12-15-5-6-16-7-8-19-17(16)10-15/h2-10,18-19H,11-12H2,1H3. The Morgan fingerprint density at radius 1 is 0.947 bits per heavy atom. The summed E-state index contributed by atoms with van der Waals surface area (Å²) in [5.74, 6) is 0. The van der Waals surface area contributed by atoms with E-state index >= 15 is 0 Å². The minimum Gasteiger partial charge on any atom is -0.361 e. The van der Waals surface area contributed by atoms with Crippen LogP contribution >= 0.6 is 0 Å². The molecule has 0 fully saturated rings. The van der Waals surface area contributed by atoms with Crippen molar-refractivity contribution in [3.8, 4) is 0 Å². The van der Waals surface area contributed by atoms with Crippen molar-refractivity contribution in [3.63, 3.8) is 0 Å². The van der Waals surface area contributed by atoms with Crippen LogP contribution in [-0.2, 0) is 13.1 Å². The Morgan fingerprint density at radius 2 is 1.79 bits per heavy atom. The van der Waals surface area contributed by atoms with Gasteiger partial charge in [0.2, 0.25) is 0 Å². The van der Waals surface area contributed by atoms with Crippen molar-refractivity contribution in [2.24, 2.45) is 0 Å². The fourth-order valence-electron chi connectivity index (χ4n) is 2.38. The van der Waals surface area contributed by atoms with Crippen molar-refractivity contribution in [3.05, 3.63) is 71.4 Å². The molecular weight excluding hydrogens is 232 g/mol. The van der Waals surface area contributed by atoms with Gasteiger partial charge in [-0.1, -0.05) is 42.0 Å². The molecule has 2 aromatic carbocycles. The van der Waals surface area contributed by atoms with E-state index in [1.54, 1.807) is 0 Å². The zero-order chi connectivity index (χ0) is 13.1. The lowest BCUT2D eigenvalue weighted by atomic mass is 10.1. The van der Waals surface area contributed by atoms with Gasteiger partial charge in [0.1, 0.15) is 0 Å². The summed E-state index contributed by atoms with van der Waals surface area (Å²) >= 11 is 0. The Balaban J connectivity index is 1.62. The van der Waals surface area contributed by atoms with Crippen LogP contribution in [0.2, 0.25) is 0 Å². The lowest BCUT2D eigenvalue weighted by Gasteiger charge is -2.06. The highest BCUT2D eigenvalue weighted by Gasteiger charge is 1.98. The summed E-state index contributed by atoms with van der Waals surface area (Å²) in [7, 11) is 0. The summed E-state index contributed by atoms with van der Waals surface area (Å²) < 4.78 is 0. The molecule has 3 rings (SSSR count). The van der Waals surface area contributed by atoms with Gasteiger partial charge in [0.15, 0.2) is 0 Å². The Bertz CT molecular complexity index is 682. The SMILES string of the molecule is Cc1cccc(CNCc2ccc3cc[nH]c3c2)c1. The number of nitrogens with one attached hydrogen (secondary N) is 2. The molecule has 3 aromatic rings. The van der Waals surface area contributed by atoms with Gasteiger partial charge in [0.05, 0.1) is 0 Å². The number of H-pyrrole nitrogens is 1. The van der Waals surface area contributed by atoms with E-state index in [-0.39, 0.29) is 0 Å². The molecule has 19 heavy (non-hydrogen) atoms. The summed E-state index contributed by atoms with van der Waals surface area (Å²) in [6, 6.07) is 17.3. The molecule has 0 atom stereocenters. The van der Waals surface area contributed by atoms with Crippen LogP contribution in [0.3, 0.4) is 0 Å². The Kier molecular flexibility index (Phi) is 3.34. The average molecular weight is 250 g/mol. The van der Waals surface area contributed by atoms with Gasteiger partial charge in [-0.15, -0.1) is 0 Å². The first-order valence-corrected chi connectivity index (χ1v) is 6.63. The van der Waals surface area contributed by atoms with Crippen molar-refractivity contribution in [2.45, 2.75) is 20.0 Å². The van der Waals surface area contributed by atoms with Crippen LogP contribution in [0.15, 0.2) is 54.7 Å². The van der Waals surface area contributed by atoms with E-state index in [4.69, 9.17) is 0 Å². The van der Waals surface area contributed by atoms with E-state index in [9.17, 15) is 0 Å². The number of rotatable bonds is 4. The third-order valence-electron chi connectivity index (χ3n) is 3.36. The maximum Gasteiger partial charge on any atom is 0.0457 e. The lowest BCUT2D eigenvalue weighted by Crippen LogP contribution is -2.12. The Morgan fingerprint density at radius 3 is 2.63 bits per heavy atom. The van der Waals surface area contributed by atoms with Crippen LogP contribution in [0, 0.1) is 6.92 Å². The molecule has 2 N–H and O–H groups in total. The minimum atomic E-state index is 0.892. The molecule has 0 saturated carbocycles. The van der Waals surface area contributed by atoms with Crippen molar-refractivity contribution in [1.29, 1.82) is 0 Å². The lowest BCUT2D eigenvalue weighted by molar-refractivity contribution is 0.693. The Hall–Kier alpha value is -2.06. The normalized spacial score (nSPS) is 11.0. The molecule has 0 radical (unpaired) electrons. The van der Waals surface area contributed by atoms with Crippen LogP contribution < -0.4 is 5.32 Å². The highest BCUT2D eigenvalue weighted by atomic mass is 14.8. The summed E-state index contributed by atoms with van der Waals surface area (Å²) in [6.45, 7) is 3.93. The zero-order valence-electron chi connectivity index (χ0n) is 11.1. The van der Waals surface area contributed by atoms with E-state index in [0.717, 1.165) is 13.1 Å². The molecule has 2 nitrogen and oxygen atoms in total. The molecular formula is C17H18N2. The second kappa shape index (κ2) is 5.29. The van der Waals surface area contributed by atoms with Crippen LogP contribution in [0.1, 0.15) is 16.7 Å². The fourth-order valence-corrected chi connectivity index (χ4v) is 2.38. The first-order chi connectivity index (χ1) is 9.31.